The van der Waals surface area contributed by atoms with Crippen LogP contribution in [0.2, 0.25) is 0 Å². The minimum absolute atomic E-state index is 0.0139. The van der Waals surface area contributed by atoms with Crippen molar-refractivity contribution < 1.29 is 14.4 Å². The minimum Gasteiger partial charge on any atom is -0.339 e. The van der Waals surface area contributed by atoms with Crippen molar-refractivity contribution in [1.82, 2.24) is 20.5 Å². The standard InChI is InChI=1S/C24H24N4O3S/c1-14-3-8-18-19(13-14)32-20(25-18)15-9-11-28(12-10-15)21(29)16-4-6-17(7-5-16)24(2)22(30)26-23(31)27-24/h3-8,13,15H,9-12H2,1-2H3,(H2,26,27,30,31). The Morgan fingerprint density at radius 3 is 2.50 bits per heavy atom. The first kappa shape index (κ1) is 20.6. The highest BCUT2D eigenvalue weighted by Gasteiger charge is 2.43. The van der Waals surface area contributed by atoms with Gasteiger partial charge in [0.2, 0.25) is 0 Å². The van der Waals surface area contributed by atoms with Crippen molar-refractivity contribution >= 4 is 39.4 Å². The van der Waals surface area contributed by atoms with Gasteiger partial charge < -0.3 is 10.2 Å². The summed E-state index contributed by atoms with van der Waals surface area (Å²) in [4.78, 5) is 43.4. The van der Waals surface area contributed by atoms with E-state index in [4.69, 9.17) is 4.98 Å². The zero-order valence-corrected chi connectivity index (χ0v) is 18.8. The van der Waals surface area contributed by atoms with Crippen LogP contribution in [0.4, 0.5) is 4.79 Å². The van der Waals surface area contributed by atoms with Crippen LogP contribution in [0.1, 0.15) is 52.2 Å². The van der Waals surface area contributed by atoms with Crippen LogP contribution in [-0.2, 0) is 10.3 Å². The van der Waals surface area contributed by atoms with Crippen molar-refractivity contribution in [2.45, 2.75) is 38.1 Å². The lowest BCUT2D eigenvalue weighted by molar-refractivity contribution is -0.123. The maximum Gasteiger partial charge on any atom is 0.322 e. The molecule has 0 aliphatic carbocycles. The molecule has 2 aromatic carbocycles. The van der Waals surface area contributed by atoms with Gasteiger partial charge in [0.1, 0.15) is 5.54 Å². The number of amides is 4. The summed E-state index contributed by atoms with van der Waals surface area (Å²) in [5, 5.41) is 6.06. The van der Waals surface area contributed by atoms with E-state index < -0.39 is 17.5 Å². The van der Waals surface area contributed by atoms with Crippen LogP contribution in [-0.4, -0.2) is 40.8 Å². The van der Waals surface area contributed by atoms with Crippen LogP contribution in [0.15, 0.2) is 42.5 Å². The van der Waals surface area contributed by atoms with Gasteiger partial charge in [-0.1, -0.05) is 18.2 Å². The number of carbonyl (C=O) groups excluding carboxylic acids is 3. The number of aryl methyl sites for hydroxylation is 1. The lowest BCUT2D eigenvalue weighted by Gasteiger charge is -2.31. The van der Waals surface area contributed by atoms with Crippen LogP contribution in [0.5, 0.6) is 0 Å². The molecule has 3 heterocycles. The molecule has 2 aliphatic rings. The van der Waals surface area contributed by atoms with E-state index in [1.807, 2.05) is 4.90 Å². The smallest absolute Gasteiger partial charge is 0.322 e. The van der Waals surface area contributed by atoms with Gasteiger partial charge in [0.15, 0.2) is 0 Å². The quantitative estimate of drug-likeness (QED) is 0.598. The number of imide groups is 1. The maximum absolute atomic E-state index is 13.0. The Kier molecular flexibility index (Phi) is 4.97. The molecule has 0 spiro atoms. The molecule has 0 bridgehead atoms. The Labute approximate surface area is 189 Å². The molecule has 164 valence electrons. The zero-order valence-electron chi connectivity index (χ0n) is 18.0. The molecule has 8 heteroatoms. The fourth-order valence-corrected chi connectivity index (χ4v) is 5.66. The van der Waals surface area contributed by atoms with Gasteiger partial charge >= 0.3 is 6.03 Å². The molecule has 32 heavy (non-hydrogen) atoms. The number of carbonyl (C=O) groups is 3. The second-order valence-electron chi connectivity index (χ2n) is 8.70. The Hall–Kier alpha value is -3.26. The SMILES string of the molecule is Cc1ccc2nc(C3CCN(C(=O)c4ccc(C5(C)NC(=O)NC5=O)cc4)CC3)sc2c1. The van der Waals surface area contributed by atoms with Crippen LogP contribution in [0.25, 0.3) is 10.2 Å². The number of hydrogen-bond acceptors (Lipinski definition) is 5. The number of thiazole rings is 1. The second kappa shape index (κ2) is 7.70. The lowest BCUT2D eigenvalue weighted by Crippen LogP contribution is -2.40. The molecule has 0 radical (unpaired) electrons. The van der Waals surface area contributed by atoms with Gasteiger partial charge in [-0.2, -0.15) is 0 Å². The Balaban J connectivity index is 1.25. The van der Waals surface area contributed by atoms with Crippen LogP contribution < -0.4 is 10.6 Å². The molecule has 1 aromatic heterocycles. The summed E-state index contributed by atoms with van der Waals surface area (Å²) < 4.78 is 1.22. The number of piperidine rings is 1. The average molecular weight is 449 g/mol. The van der Waals surface area contributed by atoms with Crippen LogP contribution >= 0.6 is 11.3 Å². The highest BCUT2D eigenvalue weighted by molar-refractivity contribution is 7.18. The molecule has 2 fully saturated rings. The Bertz CT molecular complexity index is 1230. The number of fused-ring (bicyclic) bond motifs is 1. The molecule has 3 aromatic rings. The molecule has 5 rings (SSSR count). The monoisotopic (exact) mass is 448 g/mol. The summed E-state index contributed by atoms with van der Waals surface area (Å²) in [6, 6.07) is 12.7. The number of nitrogens with one attached hydrogen (secondary N) is 2. The Morgan fingerprint density at radius 1 is 1.12 bits per heavy atom. The van der Waals surface area contributed by atoms with E-state index in [-0.39, 0.29) is 5.91 Å². The van der Waals surface area contributed by atoms with Crippen LogP contribution in [0.3, 0.4) is 0 Å². The summed E-state index contributed by atoms with van der Waals surface area (Å²) in [5.41, 5.74) is 2.39. The summed E-state index contributed by atoms with van der Waals surface area (Å²) in [5.74, 6) is -0.0304. The van der Waals surface area contributed by atoms with Crippen molar-refractivity contribution in [2.24, 2.45) is 0 Å². The number of nitrogens with zero attached hydrogens (tertiary/aromatic N) is 2. The summed E-state index contributed by atoms with van der Waals surface area (Å²) >= 11 is 1.76. The number of urea groups is 1. The maximum atomic E-state index is 13.0. The third-order valence-corrected chi connectivity index (χ3v) is 7.63. The van der Waals surface area contributed by atoms with E-state index in [2.05, 4.69) is 35.8 Å². The first-order valence-corrected chi connectivity index (χ1v) is 11.6. The molecular weight excluding hydrogens is 424 g/mol. The normalized spacial score (nSPS) is 21.6. The van der Waals surface area contributed by atoms with Gasteiger partial charge in [-0.15, -0.1) is 11.3 Å². The minimum atomic E-state index is -1.12. The van der Waals surface area contributed by atoms with Crippen molar-refractivity contribution in [3.63, 3.8) is 0 Å². The first-order chi connectivity index (χ1) is 15.3. The molecule has 2 aliphatic heterocycles. The third kappa shape index (κ3) is 3.54. The second-order valence-corrected chi connectivity index (χ2v) is 9.76. The zero-order chi connectivity index (χ0) is 22.5. The molecule has 4 amide bonds. The molecule has 1 unspecified atom stereocenters. The molecule has 0 saturated carbocycles. The molecule has 2 saturated heterocycles. The number of rotatable bonds is 3. The van der Waals surface area contributed by atoms with Crippen molar-refractivity contribution in [3.05, 3.63) is 64.2 Å². The Morgan fingerprint density at radius 2 is 1.84 bits per heavy atom. The predicted octanol–water partition coefficient (Wildman–Crippen LogP) is 3.68. The van der Waals surface area contributed by atoms with Crippen molar-refractivity contribution in [2.75, 3.05) is 13.1 Å². The average Bonchev–Trinajstić information content (AvgIpc) is 3.33. The van der Waals surface area contributed by atoms with Gasteiger partial charge in [0.05, 0.1) is 15.2 Å². The highest BCUT2D eigenvalue weighted by atomic mass is 32.1. The van der Waals surface area contributed by atoms with E-state index in [0.29, 0.717) is 30.1 Å². The molecule has 2 N–H and O–H groups in total. The van der Waals surface area contributed by atoms with E-state index >= 15 is 0 Å². The fourth-order valence-electron chi connectivity index (χ4n) is 4.43. The van der Waals surface area contributed by atoms with Gasteiger partial charge in [-0.05, 0) is 62.1 Å². The number of benzene rings is 2. The number of hydrogen-bond donors (Lipinski definition) is 2. The topological polar surface area (TPSA) is 91.4 Å². The summed E-state index contributed by atoms with van der Waals surface area (Å²) in [7, 11) is 0. The molecule has 1 atom stereocenters. The summed E-state index contributed by atoms with van der Waals surface area (Å²) in [6.45, 7) is 5.12. The van der Waals surface area contributed by atoms with Gasteiger partial charge in [0.25, 0.3) is 11.8 Å². The van der Waals surface area contributed by atoms with Gasteiger partial charge in [-0.25, -0.2) is 9.78 Å². The largest absolute Gasteiger partial charge is 0.339 e. The highest BCUT2D eigenvalue weighted by Crippen LogP contribution is 2.34. The molecular formula is C24H24N4O3S. The van der Waals surface area contributed by atoms with Gasteiger partial charge in [-0.3, -0.25) is 14.9 Å². The third-order valence-electron chi connectivity index (χ3n) is 6.45. The first-order valence-electron chi connectivity index (χ1n) is 10.7. The van der Waals surface area contributed by atoms with Crippen LogP contribution in [0, 0.1) is 6.92 Å². The van der Waals surface area contributed by atoms with E-state index in [1.165, 1.54) is 10.3 Å². The predicted molar refractivity (Wildman–Crippen MR) is 123 cm³/mol. The molecule has 7 nitrogen and oxygen atoms in total. The van der Waals surface area contributed by atoms with Crippen molar-refractivity contribution in [3.8, 4) is 0 Å². The number of likely N-dealkylation sites (tertiary alicyclic amines) is 1. The lowest BCUT2D eigenvalue weighted by atomic mass is 9.91. The van der Waals surface area contributed by atoms with Crippen molar-refractivity contribution in [1.29, 1.82) is 0 Å². The fraction of sp³-hybridized carbons (Fsp3) is 0.333. The number of aromatic nitrogens is 1. The van der Waals surface area contributed by atoms with Gasteiger partial charge in [0, 0.05) is 24.6 Å². The van der Waals surface area contributed by atoms with E-state index in [1.54, 1.807) is 42.5 Å². The summed E-state index contributed by atoms with van der Waals surface area (Å²) in [6.07, 6.45) is 1.79. The van der Waals surface area contributed by atoms with E-state index in [9.17, 15) is 14.4 Å². The van der Waals surface area contributed by atoms with E-state index in [0.717, 1.165) is 23.4 Å².